The number of sulfonamides is 1. The number of aromatic nitrogens is 4. The van der Waals surface area contributed by atoms with Crippen LogP contribution in [0.15, 0.2) is 67.1 Å². The third-order valence-corrected chi connectivity index (χ3v) is 6.08. The van der Waals surface area contributed by atoms with Crippen molar-refractivity contribution in [2.75, 3.05) is 10.5 Å². The van der Waals surface area contributed by atoms with Gasteiger partial charge in [0.2, 0.25) is 15.8 Å². The van der Waals surface area contributed by atoms with Gasteiger partial charge in [0, 0.05) is 30.1 Å². The Balaban J connectivity index is 1.66. The van der Waals surface area contributed by atoms with Crippen LogP contribution in [0.4, 0.5) is 5.69 Å². The number of hydrogen-bond acceptors (Lipinski definition) is 6. The second-order valence-electron chi connectivity index (χ2n) is 6.98. The third kappa shape index (κ3) is 4.50. The van der Waals surface area contributed by atoms with E-state index in [-0.39, 0.29) is 11.5 Å². The summed E-state index contributed by atoms with van der Waals surface area (Å²) < 4.78 is 28.7. The molecule has 3 aromatic heterocycles. The number of terminal acetylenes is 1. The van der Waals surface area contributed by atoms with E-state index in [1.807, 2.05) is 6.07 Å². The van der Waals surface area contributed by atoms with Crippen molar-refractivity contribution < 1.29 is 13.2 Å². The molecule has 0 radical (unpaired) electrons. The maximum absolute atomic E-state index is 12.8. The maximum atomic E-state index is 12.8. The number of carbonyl (C=O) groups excluding carboxylic acids is 1. The van der Waals surface area contributed by atoms with E-state index in [0.717, 1.165) is 0 Å². The van der Waals surface area contributed by atoms with Gasteiger partial charge < -0.3 is 0 Å². The predicted molar refractivity (Wildman–Crippen MR) is 122 cm³/mol. The molecule has 8 nitrogen and oxygen atoms in total. The zero-order valence-corrected chi connectivity index (χ0v) is 17.8. The SMILES string of the molecule is C#CCCCS(=O)(=O)Nc1cccc(-c2ccnc3c(C(=O)c4ccccn4)cnn23)c1. The van der Waals surface area contributed by atoms with Crippen LogP contribution in [-0.4, -0.2) is 39.5 Å². The van der Waals surface area contributed by atoms with Gasteiger partial charge in [0.15, 0.2) is 5.65 Å². The number of ketones is 1. The monoisotopic (exact) mass is 445 g/mol. The molecular formula is C23H19N5O3S. The average molecular weight is 446 g/mol. The fourth-order valence-electron chi connectivity index (χ4n) is 3.24. The summed E-state index contributed by atoms with van der Waals surface area (Å²) in [5, 5.41) is 4.34. The van der Waals surface area contributed by atoms with Crippen molar-refractivity contribution in [3.05, 3.63) is 78.4 Å². The van der Waals surface area contributed by atoms with Crippen LogP contribution < -0.4 is 4.72 Å². The van der Waals surface area contributed by atoms with Gasteiger partial charge in [-0.1, -0.05) is 18.2 Å². The highest BCUT2D eigenvalue weighted by molar-refractivity contribution is 7.92. The fraction of sp³-hybridized carbons (Fsp3) is 0.130. The Kier molecular flexibility index (Phi) is 5.96. The van der Waals surface area contributed by atoms with Crippen LogP contribution >= 0.6 is 0 Å². The molecule has 3 heterocycles. The topological polar surface area (TPSA) is 106 Å². The predicted octanol–water partition coefficient (Wildman–Crippen LogP) is 3.18. The van der Waals surface area contributed by atoms with E-state index >= 15 is 0 Å². The normalized spacial score (nSPS) is 11.2. The molecular weight excluding hydrogens is 426 g/mol. The standard InChI is InChI=1S/C23H19N5O3S/c1-2-3-6-14-32(30,31)27-18-9-7-8-17(15-18)21-11-13-25-23-19(16-26-28(21)23)22(29)20-10-4-5-12-24-20/h1,4-5,7-13,15-16,27H,3,6,14H2. The summed E-state index contributed by atoms with van der Waals surface area (Å²) in [6.07, 6.45) is 10.6. The first-order valence-corrected chi connectivity index (χ1v) is 11.5. The van der Waals surface area contributed by atoms with Crippen molar-refractivity contribution in [3.8, 4) is 23.6 Å². The van der Waals surface area contributed by atoms with E-state index in [0.29, 0.717) is 46.7 Å². The minimum atomic E-state index is -3.52. The van der Waals surface area contributed by atoms with Gasteiger partial charge in [0.1, 0.15) is 5.69 Å². The average Bonchev–Trinajstić information content (AvgIpc) is 3.23. The summed E-state index contributed by atoms with van der Waals surface area (Å²) in [5.41, 5.74) is 2.81. The number of benzene rings is 1. The zero-order valence-electron chi connectivity index (χ0n) is 17.0. The number of nitrogens with one attached hydrogen (secondary N) is 1. The van der Waals surface area contributed by atoms with Gasteiger partial charge >= 0.3 is 0 Å². The van der Waals surface area contributed by atoms with Crippen LogP contribution in [0.5, 0.6) is 0 Å². The maximum Gasteiger partial charge on any atom is 0.232 e. The van der Waals surface area contributed by atoms with Gasteiger partial charge in [-0.2, -0.15) is 5.10 Å². The molecule has 0 saturated heterocycles. The van der Waals surface area contributed by atoms with Gasteiger partial charge in [0.25, 0.3) is 0 Å². The van der Waals surface area contributed by atoms with Crippen molar-refractivity contribution >= 4 is 27.1 Å². The van der Waals surface area contributed by atoms with Gasteiger partial charge in [-0.25, -0.2) is 17.9 Å². The van der Waals surface area contributed by atoms with E-state index in [1.165, 1.54) is 6.20 Å². The summed E-state index contributed by atoms with van der Waals surface area (Å²) in [5.74, 6) is 2.10. The van der Waals surface area contributed by atoms with Crippen LogP contribution in [0.25, 0.3) is 16.9 Å². The Hall–Kier alpha value is -4.03. The van der Waals surface area contributed by atoms with E-state index in [1.54, 1.807) is 59.4 Å². The Morgan fingerprint density at radius 2 is 1.97 bits per heavy atom. The summed E-state index contributed by atoms with van der Waals surface area (Å²) in [6, 6.07) is 13.8. The molecule has 0 fully saturated rings. The minimum absolute atomic E-state index is 0.0565. The molecule has 4 aromatic rings. The molecule has 1 aromatic carbocycles. The summed E-state index contributed by atoms with van der Waals surface area (Å²) in [7, 11) is -3.52. The summed E-state index contributed by atoms with van der Waals surface area (Å²) in [4.78, 5) is 21.3. The highest BCUT2D eigenvalue weighted by Gasteiger charge is 2.19. The van der Waals surface area contributed by atoms with Crippen LogP contribution in [0.2, 0.25) is 0 Å². The second-order valence-corrected chi connectivity index (χ2v) is 8.82. The number of hydrogen-bond donors (Lipinski definition) is 1. The number of carbonyl (C=O) groups is 1. The molecule has 0 saturated carbocycles. The first kappa shape index (κ1) is 21.2. The highest BCUT2D eigenvalue weighted by Crippen LogP contribution is 2.25. The number of anilines is 1. The molecule has 0 atom stereocenters. The molecule has 0 unspecified atom stereocenters. The Labute approximate surface area is 185 Å². The van der Waals surface area contributed by atoms with E-state index < -0.39 is 10.0 Å². The highest BCUT2D eigenvalue weighted by atomic mass is 32.2. The van der Waals surface area contributed by atoms with Gasteiger partial charge in [-0.15, -0.1) is 12.3 Å². The van der Waals surface area contributed by atoms with Crippen LogP contribution in [0.3, 0.4) is 0 Å². The molecule has 32 heavy (non-hydrogen) atoms. The molecule has 0 aliphatic heterocycles. The van der Waals surface area contributed by atoms with E-state index in [2.05, 4.69) is 25.7 Å². The molecule has 4 rings (SSSR count). The lowest BCUT2D eigenvalue weighted by Crippen LogP contribution is -2.16. The fourth-order valence-corrected chi connectivity index (χ4v) is 4.35. The van der Waals surface area contributed by atoms with Crippen molar-refractivity contribution in [3.63, 3.8) is 0 Å². The van der Waals surface area contributed by atoms with Gasteiger partial charge in [-0.3, -0.25) is 14.5 Å². The molecule has 0 aliphatic carbocycles. The zero-order chi connectivity index (χ0) is 22.6. The third-order valence-electron chi connectivity index (χ3n) is 4.71. The lowest BCUT2D eigenvalue weighted by Gasteiger charge is -2.10. The Morgan fingerprint density at radius 1 is 1.09 bits per heavy atom. The quantitative estimate of drug-likeness (QED) is 0.254. The number of fused-ring (bicyclic) bond motifs is 1. The first-order valence-electron chi connectivity index (χ1n) is 9.81. The largest absolute Gasteiger partial charge is 0.287 e. The van der Waals surface area contributed by atoms with Crippen LogP contribution in [-0.2, 0) is 10.0 Å². The van der Waals surface area contributed by atoms with Crippen LogP contribution in [0.1, 0.15) is 28.9 Å². The summed E-state index contributed by atoms with van der Waals surface area (Å²) >= 11 is 0. The van der Waals surface area contributed by atoms with Crippen molar-refractivity contribution in [1.82, 2.24) is 19.6 Å². The molecule has 0 bridgehead atoms. The molecule has 0 spiro atoms. The Bertz CT molecular complexity index is 1420. The molecule has 0 aliphatic rings. The smallest absolute Gasteiger partial charge is 0.232 e. The number of unbranched alkanes of at least 4 members (excludes halogenated alkanes) is 1. The lowest BCUT2D eigenvalue weighted by molar-refractivity contribution is 0.103. The van der Waals surface area contributed by atoms with Crippen molar-refractivity contribution in [2.45, 2.75) is 12.8 Å². The number of rotatable bonds is 8. The van der Waals surface area contributed by atoms with Gasteiger partial charge in [-0.05, 0) is 36.8 Å². The van der Waals surface area contributed by atoms with Crippen molar-refractivity contribution in [1.29, 1.82) is 0 Å². The molecule has 160 valence electrons. The Morgan fingerprint density at radius 3 is 2.75 bits per heavy atom. The van der Waals surface area contributed by atoms with Crippen molar-refractivity contribution in [2.24, 2.45) is 0 Å². The van der Waals surface area contributed by atoms with E-state index in [4.69, 9.17) is 6.42 Å². The molecule has 1 N–H and O–H groups in total. The van der Waals surface area contributed by atoms with Crippen LogP contribution in [0, 0.1) is 12.3 Å². The minimum Gasteiger partial charge on any atom is -0.287 e. The second kappa shape index (κ2) is 8.99. The number of pyridine rings is 1. The first-order chi connectivity index (χ1) is 15.5. The lowest BCUT2D eigenvalue weighted by atomic mass is 10.1. The number of nitrogens with zero attached hydrogens (tertiary/aromatic N) is 4. The molecule has 0 amide bonds. The van der Waals surface area contributed by atoms with Gasteiger partial charge in [0.05, 0.1) is 23.2 Å². The molecule has 9 heteroatoms. The summed E-state index contributed by atoms with van der Waals surface area (Å²) in [6.45, 7) is 0. The van der Waals surface area contributed by atoms with E-state index in [9.17, 15) is 13.2 Å².